The molecule has 0 bridgehead atoms. The number of nitriles is 1. The fourth-order valence-electron chi connectivity index (χ4n) is 4.47. The molecule has 178 valence electrons. The lowest BCUT2D eigenvalue weighted by molar-refractivity contribution is 0.414. The number of fused-ring (bicyclic) bond motifs is 3. The first-order valence-electron chi connectivity index (χ1n) is 11.8. The van der Waals surface area contributed by atoms with E-state index < -0.39 is 0 Å². The van der Waals surface area contributed by atoms with Gasteiger partial charge in [0.2, 0.25) is 0 Å². The van der Waals surface area contributed by atoms with Crippen LogP contribution in [0.25, 0.3) is 39.1 Å². The third-order valence-corrected chi connectivity index (χ3v) is 6.40. The van der Waals surface area contributed by atoms with Gasteiger partial charge in [0.15, 0.2) is 0 Å². The number of nitrogens with zero attached hydrogens (tertiary/aromatic N) is 5. The van der Waals surface area contributed by atoms with E-state index in [1.165, 1.54) is 11.3 Å². The number of rotatable bonds is 6. The maximum Gasteiger partial charge on any atom is 0.128 e. The summed E-state index contributed by atoms with van der Waals surface area (Å²) < 4.78 is 7.57. The fraction of sp³-hybridized carbons (Fsp3) is 0.167. The number of aromatic nitrogens is 3. The summed E-state index contributed by atoms with van der Waals surface area (Å²) in [7, 11) is 7.71. The maximum atomic E-state index is 9.18. The van der Waals surface area contributed by atoms with E-state index >= 15 is 0 Å². The van der Waals surface area contributed by atoms with Crippen molar-refractivity contribution < 1.29 is 4.74 Å². The SMILES string of the molecule is COc1cc2ncc3c(c(-c4ccc(C#N)cc4)nn3C)c2cc1C=CCc1cccc(N(C)C)c1. The molecule has 6 heteroatoms. The van der Waals surface area contributed by atoms with Crippen LogP contribution in [-0.4, -0.2) is 36.0 Å². The summed E-state index contributed by atoms with van der Waals surface area (Å²) in [4.78, 5) is 6.80. The fourth-order valence-corrected chi connectivity index (χ4v) is 4.47. The van der Waals surface area contributed by atoms with Crippen molar-refractivity contribution in [2.75, 3.05) is 26.1 Å². The van der Waals surface area contributed by atoms with Gasteiger partial charge in [0.05, 0.1) is 36.0 Å². The van der Waals surface area contributed by atoms with E-state index in [2.05, 4.69) is 53.5 Å². The summed E-state index contributed by atoms with van der Waals surface area (Å²) in [6, 6.07) is 22.4. The predicted octanol–water partition coefficient (Wildman–Crippen LogP) is 5.99. The molecule has 0 aliphatic rings. The number of hydrogen-bond donors (Lipinski definition) is 0. The van der Waals surface area contributed by atoms with Crippen molar-refractivity contribution in [1.82, 2.24) is 14.8 Å². The summed E-state index contributed by atoms with van der Waals surface area (Å²) in [6.07, 6.45) is 6.94. The second kappa shape index (κ2) is 9.55. The van der Waals surface area contributed by atoms with Crippen LogP contribution in [0.3, 0.4) is 0 Å². The Hall–Kier alpha value is -4.63. The van der Waals surface area contributed by atoms with Gasteiger partial charge in [0.25, 0.3) is 0 Å². The molecule has 3 aromatic carbocycles. The molecule has 5 aromatic rings. The van der Waals surface area contributed by atoms with Crippen molar-refractivity contribution in [3.63, 3.8) is 0 Å². The topological polar surface area (TPSA) is 67.0 Å². The molecule has 0 aliphatic carbocycles. The Bertz CT molecular complexity index is 1640. The molecular weight excluding hydrogens is 446 g/mol. The molecule has 0 spiro atoms. The van der Waals surface area contributed by atoms with Gasteiger partial charge in [-0.15, -0.1) is 0 Å². The Kier molecular flexibility index (Phi) is 6.14. The predicted molar refractivity (Wildman–Crippen MR) is 146 cm³/mol. The number of anilines is 1. The molecule has 0 amide bonds. The number of pyridine rings is 1. The van der Waals surface area contributed by atoms with Crippen LogP contribution in [0.2, 0.25) is 0 Å². The molecule has 0 N–H and O–H groups in total. The Morgan fingerprint density at radius 1 is 1.08 bits per heavy atom. The third-order valence-electron chi connectivity index (χ3n) is 6.40. The second-order valence-corrected chi connectivity index (χ2v) is 8.96. The summed E-state index contributed by atoms with van der Waals surface area (Å²) >= 11 is 0. The van der Waals surface area contributed by atoms with E-state index in [1.54, 1.807) is 7.11 Å². The van der Waals surface area contributed by atoms with Gasteiger partial charge in [-0.3, -0.25) is 9.67 Å². The summed E-state index contributed by atoms with van der Waals surface area (Å²) in [6.45, 7) is 0. The van der Waals surface area contributed by atoms with Crippen LogP contribution >= 0.6 is 0 Å². The van der Waals surface area contributed by atoms with Crippen LogP contribution in [0.1, 0.15) is 16.7 Å². The maximum absolute atomic E-state index is 9.18. The highest BCUT2D eigenvalue weighted by atomic mass is 16.5. The van der Waals surface area contributed by atoms with Crippen LogP contribution in [0, 0.1) is 11.3 Å². The number of ether oxygens (including phenoxy) is 1. The lowest BCUT2D eigenvalue weighted by atomic mass is 10.0. The zero-order valence-electron chi connectivity index (χ0n) is 20.9. The monoisotopic (exact) mass is 473 g/mol. The van der Waals surface area contributed by atoms with Crippen molar-refractivity contribution in [2.45, 2.75) is 6.42 Å². The molecule has 0 saturated heterocycles. The van der Waals surface area contributed by atoms with E-state index in [0.717, 1.165) is 50.8 Å². The zero-order chi connectivity index (χ0) is 25.2. The first-order valence-corrected chi connectivity index (χ1v) is 11.8. The van der Waals surface area contributed by atoms with Crippen LogP contribution in [0.4, 0.5) is 5.69 Å². The first kappa shape index (κ1) is 23.1. The molecule has 0 aliphatic heterocycles. The zero-order valence-corrected chi connectivity index (χ0v) is 20.9. The highest BCUT2D eigenvalue weighted by molar-refractivity contribution is 6.12. The standard InChI is InChI=1S/C30H27N5O/c1-34(2)24-10-6-8-20(15-24)7-5-9-23-16-25-26(17-28(23)36-4)32-19-27-29(25)30(33-35(27)3)22-13-11-21(18-31)12-14-22/h5-6,8-17,19H,7H2,1-4H3. The first-order chi connectivity index (χ1) is 17.5. The Balaban J connectivity index is 1.60. The van der Waals surface area contributed by atoms with Crippen LogP contribution in [-0.2, 0) is 13.5 Å². The van der Waals surface area contributed by atoms with Gasteiger partial charge in [-0.2, -0.15) is 10.4 Å². The smallest absolute Gasteiger partial charge is 0.128 e. The van der Waals surface area contributed by atoms with E-state index in [4.69, 9.17) is 14.8 Å². The number of methoxy groups -OCH3 is 1. The highest BCUT2D eigenvalue weighted by Gasteiger charge is 2.16. The van der Waals surface area contributed by atoms with E-state index in [9.17, 15) is 5.26 Å². The molecule has 5 rings (SSSR count). The molecular formula is C30H27N5O. The number of allylic oxidation sites excluding steroid dienone is 1. The molecule has 2 heterocycles. The van der Waals surface area contributed by atoms with Crippen LogP contribution < -0.4 is 9.64 Å². The minimum atomic E-state index is 0.624. The van der Waals surface area contributed by atoms with Crippen molar-refractivity contribution in [3.05, 3.63) is 89.6 Å². The summed E-state index contributed by atoms with van der Waals surface area (Å²) in [5.74, 6) is 0.774. The van der Waals surface area contributed by atoms with Crippen molar-refractivity contribution >= 4 is 33.6 Å². The van der Waals surface area contributed by atoms with Crippen molar-refractivity contribution in [2.24, 2.45) is 7.05 Å². The van der Waals surface area contributed by atoms with Crippen LogP contribution in [0.15, 0.2) is 72.9 Å². The molecule has 0 fully saturated rings. The highest BCUT2D eigenvalue weighted by Crippen LogP contribution is 2.36. The Labute approximate surface area is 210 Å². The van der Waals surface area contributed by atoms with E-state index in [1.807, 2.05) is 62.4 Å². The lowest BCUT2D eigenvalue weighted by Gasteiger charge is -2.13. The second-order valence-electron chi connectivity index (χ2n) is 8.96. The molecule has 0 saturated carbocycles. The molecule has 6 nitrogen and oxygen atoms in total. The molecule has 0 unspecified atom stereocenters. The quantitative estimate of drug-likeness (QED) is 0.303. The van der Waals surface area contributed by atoms with Crippen molar-refractivity contribution in [1.29, 1.82) is 5.26 Å². The van der Waals surface area contributed by atoms with Crippen molar-refractivity contribution in [3.8, 4) is 23.1 Å². The normalized spacial score (nSPS) is 11.3. The minimum Gasteiger partial charge on any atom is -0.496 e. The largest absolute Gasteiger partial charge is 0.496 e. The van der Waals surface area contributed by atoms with Gasteiger partial charge in [-0.25, -0.2) is 0 Å². The average molecular weight is 474 g/mol. The van der Waals surface area contributed by atoms with Gasteiger partial charge in [0.1, 0.15) is 11.4 Å². The number of hydrogen-bond acceptors (Lipinski definition) is 5. The Morgan fingerprint density at radius 2 is 1.89 bits per heavy atom. The molecule has 36 heavy (non-hydrogen) atoms. The number of benzene rings is 3. The summed E-state index contributed by atoms with van der Waals surface area (Å²) in [5, 5.41) is 16.0. The van der Waals surface area contributed by atoms with Crippen LogP contribution in [0.5, 0.6) is 5.75 Å². The van der Waals surface area contributed by atoms with Gasteiger partial charge >= 0.3 is 0 Å². The van der Waals surface area contributed by atoms with E-state index in [-0.39, 0.29) is 0 Å². The minimum absolute atomic E-state index is 0.624. The summed E-state index contributed by atoms with van der Waals surface area (Å²) in [5.41, 5.74) is 7.66. The lowest BCUT2D eigenvalue weighted by Crippen LogP contribution is -2.08. The van der Waals surface area contributed by atoms with Gasteiger partial charge in [0, 0.05) is 54.8 Å². The van der Waals surface area contributed by atoms with E-state index in [0.29, 0.717) is 5.56 Å². The van der Waals surface area contributed by atoms with Gasteiger partial charge < -0.3 is 9.64 Å². The van der Waals surface area contributed by atoms with Gasteiger partial charge in [-0.05, 0) is 42.3 Å². The Morgan fingerprint density at radius 3 is 2.61 bits per heavy atom. The molecule has 0 radical (unpaired) electrons. The van der Waals surface area contributed by atoms with Gasteiger partial charge in [-0.1, -0.05) is 36.4 Å². The average Bonchev–Trinajstić information content (AvgIpc) is 3.25. The molecule has 2 aromatic heterocycles. The number of aryl methyl sites for hydroxylation is 1. The molecule has 0 atom stereocenters. The third kappa shape index (κ3) is 4.27.